The molecule has 4 aromatic rings. The average molecular weight is 413 g/mol. The first kappa shape index (κ1) is 17.9. The van der Waals surface area contributed by atoms with Crippen molar-refractivity contribution in [1.82, 2.24) is 39.5 Å². The van der Waals surface area contributed by atoms with Gasteiger partial charge in [-0.2, -0.15) is 5.10 Å². The number of rotatable bonds is 3. The van der Waals surface area contributed by atoms with E-state index in [2.05, 4.69) is 36.8 Å². The van der Waals surface area contributed by atoms with Crippen LogP contribution >= 0.6 is 0 Å². The van der Waals surface area contributed by atoms with E-state index < -0.39 is 0 Å². The molecule has 1 atom stereocenters. The number of pyridine rings is 1. The van der Waals surface area contributed by atoms with E-state index in [1.54, 1.807) is 34.4 Å². The summed E-state index contributed by atoms with van der Waals surface area (Å²) in [6, 6.07) is 6.02. The van der Waals surface area contributed by atoms with Crippen LogP contribution in [0.2, 0.25) is 0 Å². The fourth-order valence-electron chi connectivity index (χ4n) is 4.28. The number of nitrogens with zero attached hydrogens (tertiary/aromatic N) is 9. The molecule has 0 N–H and O–H groups in total. The van der Waals surface area contributed by atoms with E-state index in [4.69, 9.17) is 4.98 Å². The molecule has 0 spiro atoms. The molecule has 4 aromatic heterocycles. The van der Waals surface area contributed by atoms with E-state index in [1.807, 2.05) is 18.2 Å². The highest BCUT2D eigenvalue weighted by Gasteiger charge is 2.30. The van der Waals surface area contributed by atoms with Crippen LogP contribution in [-0.4, -0.2) is 51.9 Å². The number of hydrogen-bond donors (Lipinski definition) is 0. The van der Waals surface area contributed by atoms with Crippen molar-refractivity contribution in [3.8, 4) is 17.3 Å². The molecule has 0 fully saturated rings. The van der Waals surface area contributed by atoms with E-state index in [1.165, 1.54) is 0 Å². The van der Waals surface area contributed by atoms with Gasteiger partial charge in [0.05, 0.1) is 17.5 Å². The minimum atomic E-state index is -0.124. The van der Waals surface area contributed by atoms with Gasteiger partial charge in [0.25, 0.3) is 5.91 Å². The lowest BCUT2D eigenvalue weighted by Crippen LogP contribution is -2.37. The summed E-state index contributed by atoms with van der Waals surface area (Å²) in [6.45, 7) is 2.67. The van der Waals surface area contributed by atoms with Crippen LogP contribution in [0.1, 0.15) is 41.3 Å². The van der Waals surface area contributed by atoms with Gasteiger partial charge in [-0.1, -0.05) is 6.07 Å². The maximum atomic E-state index is 13.3. The van der Waals surface area contributed by atoms with Crippen LogP contribution in [-0.2, 0) is 12.8 Å². The lowest BCUT2D eigenvalue weighted by molar-refractivity contribution is 0.0980. The third kappa shape index (κ3) is 2.82. The monoisotopic (exact) mass is 413 g/mol. The Labute approximate surface area is 177 Å². The SMILES string of the molecule is C[C@H]1CCc2nnc(-c3cccc(N4CCc5nn(-c6cnccn6)cc5C4=O)n3)n21. The first-order valence-corrected chi connectivity index (χ1v) is 10.3. The average Bonchev–Trinajstić information content (AvgIpc) is 3.51. The minimum Gasteiger partial charge on any atom is -0.307 e. The zero-order valence-electron chi connectivity index (χ0n) is 16.9. The van der Waals surface area contributed by atoms with Crippen molar-refractivity contribution in [1.29, 1.82) is 0 Å². The van der Waals surface area contributed by atoms with Crippen molar-refractivity contribution in [3.63, 3.8) is 0 Å². The third-order valence-corrected chi connectivity index (χ3v) is 5.86. The zero-order chi connectivity index (χ0) is 20.9. The van der Waals surface area contributed by atoms with E-state index in [0.717, 1.165) is 35.9 Å². The van der Waals surface area contributed by atoms with Crippen LogP contribution in [0.3, 0.4) is 0 Å². The molecule has 6 heterocycles. The molecular formula is C21H19N9O. The van der Waals surface area contributed by atoms with Gasteiger partial charge in [0.15, 0.2) is 11.6 Å². The van der Waals surface area contributed by atoms with E-state index in [-0.39, 0.29) is 5.91 Å². The summed E-state index contributed by atoms with van der Waals surface area (Å²) in [5, 5.41) is 13.2. The Balaban J connectivity index is 1.34. The second-order valence-corrected chi connectivity index (χ2v) is 7.78. The Bertz CT molecular complexity index is 1290. The van der Waals surface area contributed by atoms with Gasteiger partial charge in [0.1, 0.15) is 17.3 Å². The molecule has 0 aromatic carbocycles. The molecule has 0 aliphatic carbocycles. The van der Waals surface area contributed by atoms with Gasteiger partial charge in [-0.25, -0.2) is 14.6 Å². The fraction of sp³-hybridized carbons (Fsp3) is 0.286. The second-order valence-electron chi connectivity index (χ2n) is 7.78. The van der Waals surface area contributed by atoms with Crippen LogP contribution in [0.15, 0.2) is 43.0 Å². The van der Waals surface area contributed by atoms with E-state index >= 15 is 0 Å². The quantitative estimate of drug-likeness (QED) is 0.506. The van der Waals surface area contributed by atoms with Gasteiger partial charge in [0, 0.05) is 44.0 Å². The molecule has 0 unspecified atom stereocenters. The van der Waals surface area contributed by atoms with Gasteiger partial charge < -0.3 is 4.57 Å². The molecule has 2 aliphatic heterocycles. The number of aromatic nitrogens is 8. The van der Waals surface area contributed by atoms with Crippen molar-refractivity contribution in [3.05, 3.63) is 60.1 Å². The molecule has 154 valence electrons. The highest BCUT2D eigenvalue weighted by molar-refractivity contribution is 6.07. The summed E-state index contributed by atoms with van der Waals surface area (Å²) in [6.07, 6.45) is 9.15. The van der Waals surface area contributed by atoms with Crippen LogP contribution in [0.4, 0.5) is 5.82 Å². The van der Waals surface area contributed by atoms with E-state index in [0.29, 0.717) is 36.2 Å². The van der Waals surface area contributed by atoms with Gasteiger partial charge in [-0.15, -0.1) is 10.2 Å². The normalized spacial score (nSPS) is 17.6. The Hall–Kier alpha value is -3.95. The standard InChI is InChI=1S/C21H19N9O/c1-13-5-6-18-25-26-20(30(13)18)16-3-2-4-17(24-16)28-10-7-15-14(21(28)31)12-29(27-15)19-11-22-8-9-23-19/h2-4,8-9,11-13H,5-7,10H2,1H3/t13-/m0/s1. The Kier molecular flexibility index (Phi) is 3.92. The summed E-state index contributed by atoms with van der Waals surface area (Å²) in [5.41, 5.74) is 2.03. The lowest BCUT2D eigenvalue weighted by Gasteiger charge is -2.25. The molecule has 2 aliphatic rings. The predicted octanol–water partition coefficient (Wildman–Crippen LogP) is 2.03. The number of amides is 1. The number of hydrogen-bond acceptors (Lipinski definition) is 7. The largest absolute Gasteiger partial charge is 0.307 e. The second kappa shape index (κ2) is 6.79. The van der Waals surface area contributed by atoms with Gasteiger partial charge in [-0.05, 0) is 25.5 Å². The Morgan fingerprint density at radius 2 is 2.03 bits per heavy atom. The lowest BCUT2D eigenvalue weighted by atomic mass is 10.1. The van der Waals surface area contributed by atoms with Crippen LogP contribution < -0.4 is 4.90 Å². The summed E-state index contributed by atoms with van der Waals surface area (Å²) in [7, 11) is 0. The topological polar surface area (TPSA) is 108 Å². The Morgan fingerprint density at radius 1 is 1.10 bits per heavy atom. The van der Waals surface area contributed by atoms with Crippen LogP contribution in [0, 0.1) is 0 Å². The van der Waals surface area contributed by atoms with E-state index in [9.17, 15) is 4.79 Å². The molecule has 0 radical (unpaired) electrons. The molecule has 0 bridgehead atoms. The maximum Gasteiger partial charge on any atom is 0.262 e. The van der Waals surface area contributed by atoms with Gasteiger partial charge >= 0.3 is 0 Å². The highest BCUT2D eigenvalue weighted by atomic mass is 16.2. The highest BCUT2D eigenvalue weighted by Crippen LogP contribution is 2.31. The van der Waals surface area contributed by atoms with Crippen molar-refractivity contribution in [2.45, 2.75) is 32.2 Å². The van der Waals surface area contributed by atoms with Crippen molar-refractivity contribution in [2.75, 3.05) is 11.4 Å². The smallest absolute Gasteiger partial charge is 0.262 e. The number of anilines is 1. The number of carbonyl (C=O) groups is 1. The maximum absolute atomic E-state index is 13.3. The number of aryl methyl sites for hydroxylation is 1. The summed E-state index contributed by atoms with van der Waals surface area (Å²) < 4.78 is 3.75. The molecule has 6 rings (SSSR count). The number of carbonyl (C=O) groups excluding carboxylic acids is 1. The molecule has 0 saturated heterocycles. The third-order valence-electron chi connectivity index (χ3n) is 5.86. The number of fused-ring (bicyclic) bond motifs is 2. The van der Waals surface area contributed by atoms with Crippen molar-refractivity contribution >= 4 is 11.7 Å². The summed E-state index contributed by atoms with van der Waals surface area (Å²) >= 11 is 0. The van der Waals surface area contributed by atoms with Gasteiger partial charge in [-0.3, -0.25) is 14.7 Å². The first-order chi connectivity index (χ1) is 15.2. The predicted molar refractivity (Wildman–Crippen MR) is 111 cm³/mol. The van der Waals surface area contributed by atoms with Crippen molar-refractivity contribution in [2.24, 2.45) is 0 Å². The first-order valence-electron chi connectivity index (χ1n) is 10.3. The van der Waals surface area contributed by atoms with Crippen LogP contribution in [0.5, 0.6) is 0 Å². The molecular weight excluding hydrogens is 394 g/mol. The van der Waals surface area contributed by atoms with Crippen molar-refractivity contribution < 1.29 is 4.79 Å². The summed E-state index contributed by atoms with van der Waals surface area (Å²) in [4.78, 5) is 28.1. The van der Waals surface area contributed by atoms with Crippen LogP contribution in [0.25, 0.3) is 17.3 Å². The molecule has 10 heteroatoms. The van der Waals surface area contributed by atoms with Gasteiger partial charge in [0.2, 0.25) is 0 Å². The zero-order valence-corrected chi connectivity index (χ0v) is 16.9. The molecule has 31 heavy (non-hydrogen) atoms. The fourth-order valence-corrected chi connectivity index (χ4v) is 4.28. The summed E-state index contributed by atoms with van der Waals surface area (Å²) in [5.74, 6) is 2.79. The Morgan fingerprint density at radius 3 is 2.90 bits per heavy atom. The molecule has 0 saturated carbocycles. The minimum absolute atomic E-state index is 0.124. The molecule has 1 amide bonds. The molecule has 10 nitrogen and oxygen atoms in total.